The van der Waals surface area contributed by atoms with E-state index in [-0.39, 0.29) is 6.61 Å². The molecule has 1 heterocycles. The summed E-state index contributed by atoms with van der Waals surface area (Å²) in [5.41, 5.74) is -0.991. The van der Waals surface area contributed by atoms with E-state index in [0.717, 1.165) is 0 Å². The number of aliphatic hydroxyl groups is 1. The van der Waals surface area contributed by atoms with Gasteiger partial charge in [0.1, 0.15) is 5.82 Å². The van der Waals surface area contributed by atoms with Gasteiger partial charge in [-0.1, -0.05) is 0 Å². The zero-order valence-electron chi connectivity index (χ0n) is 6.96. The van der Waals surface area contributed by atoms with E-state index >= 15 is 0 Å². The van der Waals surface area contributed by atoms with Crippen molar-refractivity contribution in [2.24, 2.45) is 0 Å². The third kappa shape index (κ3) is 3.12. The lowest BCUT2D eigenvalue weighted by Gasteiger charge is -2.02. The summed E-state index contributed by atoms with van der Waals surface area (Å²) in [5, 5.41) is 11.3. The summed E-state index contributed by atoms with van der Waals surface area (Å²) in [6.07, 6.45) is 0.564. The number of hydrogen-bond acceptors (Lipinski definition) is 4. The minimum absolute atomic E-state index is 0.0699. The van der Waals surface area contributed by atoms with E-state index in [0.29, 0.717) is 18.8 Å². The second-order valence-corrected chi connectivity index (χ2v) is 2.51. The molecule has 0 bridgehead atoms. The Hall–Kier alpha value is -1.56. The Morgan fingerprint density at radius 1 is 1.38 bits per heavy atom. The van der Waals surface area contributed by atoms with Crippen LogP contribution in [0.1, 0.15) is 6.42 Å². The van der Waals surface area contributed by atoms with Crippen molar-refractivity contribution >= 4 is 5.82 Å². The molecule has 0 spiro atoms. The predicted molar refractivity (Wildman–Crippen MR) is 47.9 cm³/mol. The number of anilines is 1. The maximum atomic E-state index is 10.8. The van der Waals surface area contributed by atoms with Gasteiger partial charge in [0, 0.05) is 19.2 Å². The average Bonchev–Trinajstić information content (AvgIpc) is 2.03. The van der Waals surface area contributed by atoms with Gasteiger partial charge in [-0.05, 0) is 6.42 Å². The zero-order chi connectivity index (χ0) is 9.68. The Bertz CT molecular complexity index is 339. The Morgan fingerprint density at radius 3 is 2.77 bits per heavy atom. The summed E-state index contributed by atoms with van der Waals surface area (Å²) in [4.78, 5) is 26.0. The molecule has 0 atom stereocenters. The van der Waals surface area contributed by atoms with Gasteiger partial charge in [-0.3, -0.25) is 14.8 Å². The molecular formula is C7H11N3O3. The zero-order valence-corrected chi connectivity index (χ0v) is 6.96. The quantitative estimate of drug-likeness (QED) is 0.445. The standard InChI is InChI=1S/C7H11N3O3/c11-3-1-2-8-5-4-6(12)10-7(13)9-5/h4,11H,1-3H2,(H3,8,9,10,12,13). The summed E-state index contributed by atoms with van der Waals surface area (Å²) < 4.78 is 0. The Morgan fingerprint density at radius 2 is 2.15 bits per heavy atom. The molecule has 13 heavy (non-hydrogen) atoms. The first-order chi connectivity index (χ1) is 6.22. The van der Waals surface area contributed by atoms with Crippen molar-refractivity contribution in [2.75, 3.05) is 18.5 Å². The Kier molecular flexibility index (Phi) is 3.27. The molecule has 1 aromatic heterocycles. The highest BCUT2D eigenvalue weighted by atomic mass is 16.3. The molecule has 0 aliphatic heterocycles. The highest BCUT2D eigenvalue weighted by Crippen LogP contribution is 1.92. The number of rotatable bonds is 4. The van der Waals surface area contributed by atoms with Crippen molar-refractivity contribution in [3.63, 3.8) is 0 Å². The van der Waals surface area contributed by atoms with E-state index in [9.17, 15) is 9.59 Å². The van der Waals surface area contributed by atoms with Gasteiger partial charge in [0.05, 0.1) is 0 Å². The topological polar surface area (TPSA) is 98.0 Å². The van der Waals surface area contributed by atoms with Crippen molar-refractivity contribution in [1.82, 2.24) is 9.97 Å². The van der Waals surface area contributed by atoms with E-state index in [2.05, 4.69) is 10.3 Å². The maximum Gasteiger partial charge on any atom is 0.327 e. The van der Waals surface area contributed by atoms with Crippen molar-refractivity contribution < 1.29 is 5.11 Å². The first kappa shape index (κ1) is 9.53. The van der Waals surface area contributed by atoms with Crippen LogP contribution in [0.2, 0.25) is 0 Å². The van der Waals surface area contributed by atoms with Gasteiger partial charge in [-0.15, -0.1) is 0 Å². The monoisotopic (exact) mass is 185 g/mol. The average molecular weight is 185 g/mol. The summed E-state index contributed by atoms with van der Waals surface area (Å²) in [6.45, 7) is 0.580. The molecule has 0 saturated carbocycles. The Balaban J connectivity index is 2.67. The summed E-state index contributed by atoms with van der Waals surface area (Å²) in [5.74, 6) is 0.363. The van der Waals surface area contributed by atoms with Crippen molar-refractivity contribution in [1.29, 1.82) is 0 Å². The van der Waals surface area contributed by atoms with E-state index < -0.39 is 11.2 Å². The molecule has 0 aromatic carbocycles. The molecule has 0 saturated heterocycles. The van der Waals surface area contributed by atoms with Gasteiger partial charge in [0.15, 0.2) is 0 Å². The van der Waals surface area contributed by atoms with Crippen LogP contribution in [0.5, 0.6) is 0 Å². The second kappa shape index (κ2) is 4.46. The molecule has 0 radical (unpaired) electrons. The van der Waals surface area contributed by atoms with Crippen LogP contribution < -0.4 is 16.6 Å². The largest absolute Gasteiger partial charge is 0.396 e. The number of aromatic nitrogens is 2. The van der Waals surface area contributed by atoms with Crippen LogP contribution in [-0.4, -0.2) is 28.2 Å². The maximum absolute atomic E-state index is 10.8. The molecule has 0 aliphatic rings. The molecule has 0 fully saturated rings. The molecule has 1 rings (SSSR count). The van der Waals surface area contributed by atoms with Gasteiger partial charge in [0.25, 0.3) is 5.56 Å². The van der Waals surface area contributed by atoms with Crippen molar-refractivity contribution in [3.05, 3.63) is 26.9 Å². The number of nitrogens with one attached hydrogen (secondary N) is 3. The Labute approximate surface area is 73.6 Å². The fraction of sp³-hybridized carbons (Fsp3) is 0.429. The molecule has 4 N–H and O–H groups in total. The number of H-pyrrole nitrogens is 2. The smallest absolute Gasteiger partial charge is 0.327 e. The van der Waals surface area contributed by atoms with Gasteiger partial charge in [0.2, 0.25) is 0 Å². The van der Waals surface area contributed by atoms with Crippen LogP contribution in [0, 0.1) is 0 Å². The molecule has 72 valence electrons. The van der Waals surface area contributed by atoms with Gasteiger partial charge in [-0.2, -0.15) is 0 Å². The summed E-state index contributed by atoms with van der Waals surface area (Å²) >= 11 is 0. The molecule has 0 amide bonds. The lowest BCUT2D eigenvalue weighted by Crippen LogP contribution is -2.23. The third-order valence-corrected chi connectivity index (χ3v) is 1.41. The molecule has 6 heteroatoms. The van der Waals surface area contributed by atoms with E-state index in [4.69, 9.17) is 5.11 Å². The molecule has 0 aliphatic carbocycles. The van der Waals surface area contributed by atoms with Gasteiger partial charge in [-0.25, -0.2) is 4.79 Å². The predicted octanol–water partition coefficient (Wildman–Crippen LogP) is -1.14. The highest BCUT2D eigenvalue weighted by Gasteiger charge is 1.94. The fourth-order valence-electron chi connectivity index (χ4n) is 0.866. The minimum Gasteiger partial charge on any atom is -0.396 e. The van der Waals surface area contributed by atoms with Crippen LogP contribution in [0.4, 0.5) is 5.82 Å². The second-order valence-electron chi connectivity index (χ2n) is 2.51. The van der Waals surface area contributed by atoms with Gasteiger partial charge < -0.3 is 10.4 Å². The van der Waals surface area contributed by atoms with E-state index in [1.165, 1.54) is 6.07 Å². The lowest BCUT2D eigenvalue weighted by atomic mass is 10.4. The number of aromatic amines is 2. The van der Waals surface area contributed by atoms with Crippen LogP contribution >= 0.6 is 0 Å². The number of aliphatic hydroxyl groups excluding tert-OH is 1. The van der Waals surface area contributed by atoms with E-state index in [1.54, 1.807) is 0 Å². The number of hydrogen-bond donors (Lipinski definition) is 4. The van der Waals surface area contributed by atoms with Crippen molar-refractivity contribution in [3.8, 4) is 0 Å². The normalized spacial score (nSPS) is 9.92. The molecular weight excluding hydrogens is 174 g/mol. The van der Waals surface area contributed by atoms with Crippen LogP contribution in [0.15, 0.2) is 15.7 Å². The van der Waals surface area contributed by atoms with E-state index in [1.807, 2.05) is 4.98 Å². The first-order valence-electron chi connectivity index (χ1n) is 3.91. The SMILES string of the molecule is O=c1cc(NCCCO)[nH]c(=O)[nH]1. The van der Waals surface area contributed by atoms with Crippen LogP contribution in [0.3, 0.4) is 0 Å². The summed E-state index contributed by atoms with van der Waals surface area (Å²) in [6, 6.07) is 1.25. The highest BCUT2D eigenvalue weighted by molar-refractivity contribution is 5.31. The van der Waals surface area contributed by atoms with Crippen molar-refractivity contribution in [2.45, 2.75) is 6.42 Å². The van der Waals surface area contributed by atoms with Crippen LogP contribution in [-0.2, 0) is 0 Å². The van der Waals surface area contributed by atoms with Crippen LogP contribution in [0.25, 0.3) is 0 Å². The third-order valence-electron chi connectivity index (χ3n) is 1.41. The lowest BCUT2D eigenvalue weighted by molar-refractivity contribution is 0.292. The fourth-order valence-corrected chi connectivity index (χ4v) is 0.866. The molecule has 6 nitrogen and oxygen atoms in total. The molecule has 0 unspecified atom stereocenters. The van der Waals surface area contributed by atoms with Gasteiger partial charge >= 0.3 is 5.69 Å². The minimum atomic E-state index is -0.543. The molecule has 1 aromatic rings. The first-order valence-corrected chi connectivity index (χ1v) is 3.91. The summed E-state index contributed by atoms with van der Waals surface area (Å²) in [7, 11) is 0.